The molecule has 7 heteroatoms. The molecule has 1 aromatic carbocycles. The average molecular weight is 343 g/mol. The second-order valence-corrected chi connectivity index (χ2v) is 6.31. The standard InChI is InChI=1S/C17H21N5OS/c1-4-21(5-2)12-15-18-19-17-22(15)20-16(24-17)11-8-13-6-9-14(23-3)10-7-13/h6-11H,4-5,12H2,1-3H3. The van der Waals surface area contributed by atoms with Gasteiger partial charge in [-0.2, -0.15) is 9.61 Å². The summed E-state index contributed by atoms with van der Waals surface area (Å²) >= 11 is 1.54. The SMILES string of the molecule is CCN(CC)Cc1nnc2sc(C=Cc3ccc(OC)cc3)nn12. The molecule has 0 N–H and O–H groups in total. The molecule has 0 aliphatic carbocycles. The van der Waals surface area contributed by atoms with E-state index in [0.29, 0.717) is 0 Å². The van der Waals surface area contributed by atoms with Crippen molar-refractivity contribution < 1.29 is 4.74 Å². The molecular formula is C17H21N5OS. The Bertz CT molecular complexity index is 817. The molecule has 126 valence electrons. The number of hydrogen-bond donors (Lipinski definition) is 0. The second-order valence-electron chi connectivity index (χ2n) is 5.32. The molecule has 3 aromatic rings. The molecule has 6 nitrogen and oxygen atoms in total. The summed E-state index contributed by atoms with van der Waals surface area (Å²) in [7, 11) is 1.67. The van der Waals surface area contributed by atoms with Crippen molar-refractivity contribution in [3.8, 4) is 5.75 Å². The van der Waals surface area contributed by atoms with Crippen LogP contribution in [0.5, 0.6) is 5.75 Å². The van der Waals surface area contributed by atoms with Crippen LogP contribution in [0.25, 0.3) is 17.1 Å². The first-order valence-electron chi connectivity index (χ1n) is 7.99. The lowest BCUT2D eigenvalue weighted by atomic mass is 10.2. The lowest BCUT2D eigenvalue weighted by molar-refractivity contribution is 0.286. The van der Waals surface area contributed by atoms with E-state index in [0.717, 1.165) is 46.7 Å². The zero-order valence-corrected chi connectivity index (χ0v) is 15.0. The number of hydrogen-bond acceptors (Lipinski definition) is 6. The van der Waals surface area contributed by atoms with Crippen molar-refractivity contribution in [3.63, 3.8) is 0 Å². The van der Waals surface area contributed by atoms with Crippen LogP contribution in [0.1, 0.15) is 30.2 Å². The smallest absolute Gasteiger partial charge is 0.235 e. The van der Waals surface area contributed by atoms with Crippen molar-refractivity contribution in [3.05, 3.63) is 40.7 Å². The molecule has 0 bridgehead atoms. The van der Waals surface area contributed by atoms with Crippen molar-refractivity contribution in [2.75, 3.05) is 20.2 Å². The third kappa shape index (κ3) is 3.63. The van der Waals surface area contributed by atoms with Gasteiger partial charge in [0.05, 0.1) is 13.7 Å². The number of ether oxygens (including phenoxy) is 1. The van der Waals surface area contributed by atoms with Crippen molar-refractivity contribution in [1.29, 1.82) is 0 Å². The Morgan fingerprint density at radius 3 is 2.54 bits per heavy atom. The van der Waals surface area contributed by atoms with Gasteiger partial charge in [0.1, 0.15) is 10.8 Å². The zero-order chi connectivity index (χ0) is 16.9. The van der Waals surface area contributed by atoms with E-state index in [1.54, 1.807) is 7.11 Å². The Morgan fingerprint density at radius 2 is 1.88 bits per heavy atom. The van der Waals surface area contributed by atoms with E-state index in [9.17, 15) is 0 Å². The first kappa shape index (κ1) is 16.6. The lowest BCUT2D eigenvalue weighted by Gasteiger charge is -2.15. The molecule has 2 aromatic heterocycles. The van der Waals surface area contributed by atoms with Gasteiger partial charge in [-0.25, -0.2) is 0 Å². The third-order valence-electron chi connectivity index (χ3n) is 3.86. The second kappa shape index (κ2) is 7.55. The van der Waals surface area contributed by atoms with Crippen LogP contribution in [-0.2, 0) is 6.54 Å². The van der Waals surface area contributed by atoms with Crippen LogP contribution in [0.3, 0.4) is 0 Å². The summed E-state index contributed by atoms with van der Waals surface area (Å²) in [6.07, 6.45) is 4.04. The largest absolute Gasteiger partial charge is 0.497 e. The van der Waals surface area contributed by atoms with Gasteiger partial charge in [-0.05, 0) is 36.9 Å². The van der Waals surface area contributed by atoms with E-state index in [1.807, 2.05) is 40.9 Å². The van der Waals surface area contributed by atoms with Gasteiger partial charge in [0.25, 0.3) is 0 Å². The van der Waals surface area contributed by atoms with E-state index in [-0.39, 0.29) is 0 Å². The molecule has 0 amide bonds. The number of benzene rings is 1. The maximum Gasteiger partial charge on any atom is 0.235 e. The van der Waals surface area contributed by atoms with Gasteiger partial charge in [0, 0.05) is 0 Å². The Labute approximate surface area is 145 Å². The van der Waals surface area contributed by atoms with Crippen molar-refractivity contribution >= 4 is 28.4 Å². The van der Waals surface area contributed by atoms with Gasteiger partial charge < -0.3 is 4.74 Å². The van der Waals surface area contributed by atoms with Gasteiger partial charge in [0.2, 0.25) is 4.96 Å². The number of aromatic nitrogens is 4. The maximum absolute atomic E-state index is 5.17. The molecule has 24 heavy (non-hydrogen) atoms. The molecule has 0 spiro atoms. The Kier molecular flexibility index (Phi) is 5.22. The topological polar surface area (TPSA) is 55.5 Å². The van der Waals surface area contributed by atoms with Gasteiger partial charge in [-0.15, -0.1) is 10.2 Å². The minimum absolute atomic E-state index is 0.763. The van der Waals surface area contributed by atoms with E-state index >= 15 is 0 Å². The monoisotopic (exact) mass is 343 g/mol. The number of nitrogens with zero attached hydrogens (tertiary/aromatic N) is 5. The molecule has 0 aliphatic rings. The first-order valence-corrected chi connectivity index (χ1v) is 8.80. The summed E-state index contributed by atoms with van der Waals surface area (Å²) in [5, 5.41) is 14.0. The van der Waals surface area contributed by atoms with Crippen LogP contribution in [0, 0.1) is 0 Å². The molecule has 0 fully saturated rings. The molecule has 2 heterocycles. The van der Waals surface area contributed by atoms with Crippen LogP contribution >= 0.6 is 11.3 Å². The summed E-state index contributed by atoms with van der Waals surface area (Å²) in [5.41, 5.74) is 1.10. The fourth-order valence-corrected chi connectivity index (χ4v) is 3.13. The van der Waals surface area contributed by atoms with Gasteiger partial charge in [0.15, 0.2) is 5.82 Å². The molecular weight excluding hydrogens is 322 g/mol. The predicted molar refractivity (Wildman–Crippen MR) is 97.2 cm³/mol. The molecule has 0 saturated heterocycles. The van der Waals surface area contributed by atoms with Gasteiger partial charge in [-0.1, -0.05) is 43.4 Å². The third-order valence-corrected chi connectivity index (χ3v) is 4.73. The van der Waals surface area contributed by atoms with Gasteiger partial charge in [-0.3, -0.25) is 4.90 Å². The van der Waals surface area contributed by atoms with E-state index in [4.69, 9.17) is 4.74 Å². The normalized spacial score (nSPS) is 11.8. The van der Waals surface area contributed by atoms with Crippen molar-refractivity contribution in [1.82, 2.24) is 24.7 Å². The summed E-state index contributed by atoms with van der Waals surface area (Å²) in [6.45, 7) is 7.02. The minimum Gasteiger partial charge on any atom is -0.497 e. The quantitative estimate of drug-likeness (QED) is 0.659. The van der Waals surface area contributed by atoms with E-state index < -0.39 is 0 Å². The fourth-order valence-electron chi connectivity index (χ4n) is 2.37. The summed E-state index contributed by atoms with van der Waals surface area (Å²) in [6, 6.07) is 7.92. The Morgan fingerprint density at radius 1 is 1.12 bits per heavy atom. The maximum atomic E-state index is 5.17. The van der Waals surface area contributed by atoms with Crippen molar-refractivity contribution in [2.45, 2.75) is 20.4 Å². The summed E-state index contributed by atoms with van der Waals surface area (Å²) < 4.78 is 7.01. The number of rotatable bonds is 7. The number of methoxy groups -OCH3 is 1. The fraction of sp³-hybridized carbons (Fsp3) is 0.353. The average Bonchev–Trinajstić information content (AvgIpc) is 3.19. The molecule has 3 rings (SSSR count). The lowest BCUT2D eigenvalue weighted by Crippen LogP contribution is -2.23. The highest BCUT2D eigenvalue weighted by molar-refractivity contribution is 7.17. The zero-order valence-electron chi connectivity index (χ0n) is 14.1. The Hall–Kier alpha value is -2.25. The van der Waals surface area contributed by atoms with Crippen molar-refractivity contribution in [2.24, 2.45) is 0 Å². The van der Waals surface area contributed by atoms with Crippen LogP contribution in [0.4, 0.5) is 0 Å². The molecule has 0 atom stereocenters. The van der Waals surface area contributed by atoms with E-state index in [2.05, 4.69) is 34.0 Å². The highest BCUT2D eigenvalue weighted by Crippen LogP contribution is 2.18. The van der Waals surface area contributed by atoms with Crippen LogP contribution in [-0.4, -0.2) is 44.9 Å². The highest BCUT2D eigenvalue weighted by Gasteiger charge is 2.12. The van der Waals surface area contributed by atoms with Crippen LogP contribution < -0.4 is 4.74 Å². The highest BCUT2D eigenvalue weighted by atomic mass is 32.1. The summed E-state index contributed by atoms with van der Waals surface area (Å²) in [4.78, 5) is 3.12. The molecule has 0 radical (unpaired) electrons. The van der Waals surface area contributed by atoms with E-state index in [1.165, 1.54) is 11.3 Å². The predicted octanol–water partition coefficient (Wildman–Crippen LogP) is 3.21. The number of fused-ring (bicyclic) bond motifs is 1. The van der Waals surface area contributed by atoms with Crippen LogP contribution in [0.15, 0.2) is 24.3 Å². The first-order chi connectivity index (χ1) is 11.7. The minimum atomic E-state index is 0.763. The molecule has 0 saturated carbocycles. The molecule has 0 aliphatic heterocycles. The van der Waals surface area contributed by atoms with Gasteiger partial charge >= 0.3 is 0 Å². The Balaban J connectivity index is 1.77. The molecule has 0 unspecified atom stereocenters. The van der Waals surface area contributed by atoms with Crippen LogP contribution in [0.2, 0.25) is 0 Å². The summed E-state index contributed by atoms with van der Waals surface area (Å²) in [5.74, 6) is 1.74.